The Hall–Kier alpha value is -3.68. The fraction of sp³-hybridized carbons (Fsp3) is 0.643. The van der Waals surface area contributed by atoms with Crippen LogP contribution in [0.4, 0.5) is 16.2 Å². The summed E-state index contributed by atoms with van der Waals surface area (Å²) < 4.78 is 44.9. The highest BCUT2D eigenvalue weighted by atomic mass is 31.2. The maximum Gasteiger partial charge on any atom is 0.476 e. The number of benzene rings is 2. The number of hydrogen-bond donors (Lipinski definition) is 0. The number of ether oxygens (including phenoxy) is 2. The van der Waals surface area contributed by atoms with Crippen molar-refractivity contribution in [3.05, 3.63) is 92.0 Å². The van der Waals surface area contributed by atoms with Crippen molar-refractivity contribution in [1.82, 2.24) is 4.90 Å². The number of nitro groups is 2. The van der Waals surface area contributed by atoms with E-state index in [1.807, 2.05) is 12.2 Å². The zero-order chi connectivity index (χ0) is 42.2. The molecule has 0 aromatic heterocycles. The van der Waals surface area contributed by atoms with E-state index in [0.717, 1.165) is 19.3 Å². The second-order valence-electron chi connectivity index (χ2n) is 16.1. The lowest BCUT2D eigenvalue weighted by atomic mass is 10.0. The molecule has 57 heavy (non-hydrogen) atoms. The number of rotatable bonds is 24. The van der Waals surface area contributed by atoms with E-state index in [9.17, 15) is 29.6 Å². The van der Waals surface area contributed by atoms with Gasteiger partial charge in [-0.1, -0.05) is 108 Å². The van der Waals surface area contributed by atoms with E-state index in [1.54, 1.807) is 46.8 Å². The number of carbonyl (C=O) groups excluding carboxylic acids is 1. The average Bonchev–Trinajstić information content (AvgIpc) is 3.40. The van der Waals surface area contributed by atoms with Crippen LogP contribution in [-0.2, 0) is 27.6 Å². The fourth-order valence-corrected chi connectivity index (χ4v) is 8.43. The number of nitrogens with zero attached hydrogens (tertiary/aromatic N) is 3. The highest BCUT2D eigenvalue weighted by Gasteiger charge is 2.51. The summed E-state index contributed by atoms with van der Waals surface area (Å²) in [6, 6.07) is 10.8. The standard InChI is InChI=1S/C42H64N3O11P/c1-9-10-11-12-13-14-15-16-17-18-19-20-21-30-39-38(43(42(7,8)53-39)40(46)54-41(4,5)6)31-52-57(51,55-32(2)34-26-22-24-28-36(34)44(47)48)56-33(3)35-27-23-25-29-37(35)45(49)50/h21-30,32-33,38-39H,9-20,31H2,1-8H3/b30-21+. The molecule has 0 saturated carbocycles. The minimum absolute atomic E-state index is 0.109. The van der Waals surface area contributed by atoms with E-state index in [-0.39, 0.29) is 22.5 Å². The first kappa shape index (κ1) is 47.7. The van der Waals surface area contributed by atoms with Crippen LogP contribution in [0, 0.1) is 20.2 Å². The van der Waals surface area contributed by atoms with Gasteiger partial charge in [0.2, 0.25) is 0 Å². The van der Waals surface area contributed by atoms with E-state index in [4.69, 9.17) is 23.0 Å². The molecule has 4 atom stereocenters. The number of phosphoric ester groups is 1. The van der Waals surface area contributed by atoms with Crippen LogP contribution < -0.4 is 0 Å². The summed E-state index contributed by atoms with van der Waals surface area (Å²) in [5.41, 5.74) is -2.34. The van der Waals surface area contributed by atoms with E-state index in [2.05, 4.69) is 6.92 Å². The van der Waals surface area contributed by atoms with Crippen LogP contribution >= 0.6 is 7.82 Å². The smallest absolute Gasteiger partial charge is 0.444 e. The molecular formula is C42H64N3O11P. The van der Waals surface area contributed by atoms with E-state index in [0.29, 0.717) is 0 Å². The number of phosphoric acid groups is 1. The van der Waals surface area contributed by atoms with Gasteiger partial charge in [-0.05, 0) is 73.4 Å². The average molecular weight is 818 g/mol. The van der Waals surface area contributed by atoms with Crippen molar-refractivity contribution in [2.45, 2.75) is 168 Å². The third kappa shape index (κ3) is 15.2. The van der Waals surface area contributed by atoms with E-state index < -0.39 is 66.0 Å². The number of nitro benzene ring substituents is 2. The van der Waals surface area contributed by atoms with Crippen molar-refractivity contribution in [3.63, 3.8) is 0 Å². The van der Waals surface area contributed by atoms with Crippen molar-refractivity contribution < 1.29 is 42.3 Å². The molecular weight excluding hydrogens is 753 g/mol. The normalized spacial score (nSPS) is 19.0. The Morgan fingerprint density at radius 1 is 0.842 bits per heavy atom. The number of amides is 1. The first-order valence-electron chi connectivity index (χ1n) is 20.3. The van der Waals surface area contributed by atoms with Crippen molar-refractivity contribution in [2.75, 3.05) is 6.61 Å². The molecule has 0 aliphatic carbocycles. The van der Waals surface area contributed by atoms with Crippen LogP contribution in [0.5, 0.6) is 0 Å². The van der Waals surface area contributed by atoms with Crippen molar-refractivity contribution >= 4 is 25.3 Å². The van der Waals surface area contributed by atoms with Gasteiger partial charge in [0.05, 0.1) is 45.8 Å². The molecule has 15 heteroatoms. The Labute approximate surface area is 338 Å². The van der Waals surface area contributed by atoms with Crippen LogP contribution in [0.25, 0.3) is 0 Å². The number of para-hydroxylation sites is 2. The lowest BCUT2D eigenvalue weighted by molar-refractivity contribution is -0.386. The van der Waals surface area contributed by atoms with Gasteiger partial charge in [-0.2, -0.15) is 0 Å². The number of allylic oxidation sites excluding steroid dienone is 1. The second-order valence-corrected chi connectivity index (χ2v) is 17.6. The Morgan fingerprint density at radius 3 is 1.75 bits per heavy atom. The van der Waals surface area contributed by atoms with Gasteiger partial charge >= 0.3 is 13.9 Å². The SMILES string of the molecule is CCCCCCCCCCCCC/C=C/C1OC(C)(C)N(C(=O)OC(C)(C)C)C1COP(=O)(OC(C)c1ccccc1[N+](=O)[O-])OC(C)c1ccccc1[N+](=O)[O-]. The van der Waals surface area contributed by atoms with Crippen molar-refractivity contribution in [3.8, 4) is 0 Å². The quantitative estimate of drug-likeness (QED) is 0.0325. The monoisotopic (exact) mass is 817 g/mol. The molecule has 0 spiro atoms. The molecule has 318 valence electrons. The lowest BCUT2D eigenvalue weighted by Gasteiger charge is -2.35. The van der Waals surface area contributed by atoms with Gasteiger partial charge in [-0.15, -0.1) is 0 Å². The maximum absolute atomic E-state index is 14.8. The molecule has 1 saturated heterocycles. The third-order valence-corrected chi connectivity index (χ3v) is 11.3. The summed E-state index contributed by atoms with van der Waals surface area (Å²) in [6.07, 6.45) is 14.5. The molecule has 0 radical (unpaired) electrons. The highest BCUT2D eigenvalue weighted by Crippen LogP contribution is 2.57. The van der Waals surface area contributed by atoms with Gasteiger partial charge in [-0.25, -0.2) is 9.36 Å². The summed E-state index contributed by atoms with van der Waals surface area (Å²) in [7, 11) is -4.74. The molecule has 14 nitrogen and oxygen atoms in total. The van der Waals surface area contributed by atoms with E-state index >= 15 is 0 Å². The molecule has 1 fully saturated rings. The van der Waals surface area contributed by atoms with Gasteiger partial charge in [0.15, 0.2) is 0 Å². The second kappa shape index (κ2) is 22.5. The van der Waals surface area contributed by atoms with Gasteiger partial charge < -0.3 is 9.47 Å². The van der Waals surface area contributed by atoms with Crippen LogP contribution in [0.2, 0.25) is 0 Å². The zero-order valence-electron chi connectivity index (χ0n) is 35.1. The number of unbranched alkanes of at least 4 members (excludes halogenated alkanes) is 11. The van der Waals surface area contributed by atoms with Crippen molar-refractivity contribution in [2.24, 2.45) is 0 Å². The molecule has 0 N–H and O–H groups in total. The number of carbonyl (C=O) groups is 1. The summed E-state index contributed by atoms with van der Waals surface area (Å²) in [5.74, 6) is 0. The predicted molar refractivity (Wildman–Crippen MR) is 220 cm³/mol. The largest absolute Gasteiger partial charge is 0.476 e. The summed E-state index contributed by atoms with van der Waals surface area (Å²) in [5, 5.41) is 23.7. The zero-order valence-corrected chi connectivity index (χ0v) is 35.9. The molecule has 0 bridgehead atoms. The molecule has 1 aliphatic rings. The van der Waals surface area contributed by atoms with Gasteiger partial charge in [0.1, 0.15) is 17.4 Å². The maximum atomic E-state index is 14.8. The Balaban J connectivity index is 1.85. The Bertz CT molecular complexity index is 1610. The molecule has 1 heterocycles. The van der Waals surface area contributed by atoms with Gasteiger partial charge in [-0.3, -0.25) is 38.7 Å². The molecule has 4 unspecified atom stereocenters. The summed E-state index contributed by atoms with van der Waals surface area (Å²) >= 11 is 0. The Kier molecular flexibility index (Phi) is 18.8. The van der Waals surface area contributed by atoms with Crippen molar-refractivity contribution in [1.29, 1.82) is 0 Å². The van der Waals surface area contributed by atoms with E-state index in [1.165, 1.54) is 113 Å². The van der Waals surface area contributed by atoms with Crippen LogP contribution in [0.15, 0.2) is 60.7 Å². The summed E-state index contributed by atoms with van der Waals surface area (Å²) in [6.45, 7) is 13.4. The third-order valence-electron chi connectivity index (χ3n) is 9.73. The Morgan fingerprint density at radius 2 is 1.30 bits per heavy atom. The lowest BCUT2D eigenvalue weighted by Crippen LogP contribution is -2.51. The first-order chi connectivity index (χ1) is 26.9. The molecule has 1 aliphatic heterocycles. The molecule has 3 rings (SSSR count). The molecule has 1 amide bonds. The van der Waals surface area contributed by atoms with Crippen LogP contribution in [-0.4, -0.2) is 50.9 Å². The minimum Gasteiger partial charge on any atom is -0.444 e. The van der Waals surface area contributed by atoms with Crippen LogP contribution in [0.3, 0.4) is 0 Å². The fourth-order valence-electron chi connectivity index (χ4n) is 6.92. The molecule has 2 aromatic carbocycles. The number of hydrogen-bond acceptors (Lipinski definition) is 11. The minimum atomic E-state index is -4.74. The van der Waals surface area contributed by atoms with Crippen LogP contribution in [0.1, 0.15) is 156 Å². The molecule has 2 aromatic rings. The highest BCUT2D eigenvalue weighted by molar-refractivity contribution is 7.48. The topological polar surface area (TPSA) is 170 Å². The predicted octanol–water partition coefficient (Wildman–Crippen LogP) is 12.5. The first-order valence-corrected chi connectivity index (χ1v) is 21.8. The van der Waals surface area contributed by atoms with Gasteiger partial charge in [0.25, 0.3) is 11.4 Å². The summed E-state index contributed by atoms with van der Waals surface area (Å²) in [4.78, 5) is 37.7. The van der Waals surface area contributed by atoms with Gasteiger partial charge in [0, 0.05) is 12.1 Å².